The first kappa shape index (κ1) is 20.7. The molecule has 0 saturated heterocycles. The van der Waals surface area contributed by atoms with Crippen molar-refractivity contribution in [1.29, 1.82) is 0 Å². The smallest absolute Gasteiger partial charge is 0.136 e. The molecule has 0 spiro atoms. The first-order valence-corrected chi connectivity index (χ1v) is 13.2. The van der Waals surface area contributed by atoms with E-state index >= 15 is 0 Å². The topological polar surface area (TPSA) is 38.9 Å². The van der Waals surface area contributed by atoms with Gasteiger partial charge in [0.05, 0.1) is 22.4 Å². The first-order valence-electron chi connectivity index (χ1n) is 13.2. The van der Waals surface area contributed by atoms with E-state index in [1.54, 1.807) is 0 Å². The van der Waals surface area contributed by atoms with E-state index in [4.69, 9.17) is 14.4 Å². The van der Waals surface area contributed by atoms with Gasteiger partial charge in [-0.3, -0.25) is 0 Å². The first-order chi connectivity index (χ1) is 19.3. The third-order valence-electron chi connectivity index (χ3n) is 7.97. The maximum absolute atomic E-state index is 6.23. The van der Waals surface area contributed by atoms with Crippen LogP contribution in [-0.2, 0) is 0 Å². The predicted molar refractivity (Wildman–Crippen MR) is 161 cm³/mol. The quantitative estimate of drug-likeness (QED) is 0.177. The van der Waals surface area contributed by atoms with Crippen LogP contribution in [0.3, 0.4) is 0 Å². The Balaban J connectivity index is 1.35. The van der Waals surface area contributed by atoms with Gasteiger partial charge in [-0.05, 0) is 74.8 Å². The van der Waals surface area contributed by atoms with Crippen molar-refractivity contribution in [3.8, 4) is 22.5 Å². The molecule has 39 heavy (non-hydrogen) atoms. The number of furan rings is 1. The van der Waals surface area contributed by atoms with Gasteiger partial charge in [-0.2, -0.15) is 0 Å². The zero-order valence-electron chi connectivity index (χ0n) is 20.8. The molecule has 0 fully saturated rings. The van der Waals surface area contributed by atoms with E-state index in [9.17, 15) is 0 Å². The summed E-state index contributed by atoms with van der Waals surface area (Å²) < 4.78 is 6.23. The Morgan fingerprint density at radius 2 is 1.00 bits per heavy atom. The summed E-state index contributed by atoms with van der Waals surface area (Å²) in [5, 5.41) is 9.74. The van der Waals surface area contributed by atoms with Gasteiger partial charge in [0.15, 0.2) is 0 Å². The zero-order chi connectivity index (χ0) is 25.5. The fourth-order valence-corrected chi connectivity index (χ4v) is 6.20. The van der Waals surface area contributed by atoms with Crippen molar-refractivity contribution < 1.29 is 4.42 Å². The van der Waals surface area contributed by atoms with Crippen LogP contribution in [0.2, 0.25) is 0 Å². The van der Waals surface area contributed by atoms with Crippen molar-refractivity contribution in [3.05, 3.63) is 121 Å². The summed E-state index contributed by atoms with van der Waals surface area (Å²) in [6, 6.07) is 42.4. The second kappa shape index (κ2) is 7.62. The summed E-state index contributed by atoms with van der Waals surface area (Å²) >= 11 is 0. The molecular weight excluding hydrogens is 476 g/mol. The van der Waals surface area contributed by atoms with Gasteiger partial charge in [0, 0.05) is 21.9 Å². The highest BCUT2D eigenvalue weighted by atomic mass is 16.3. The van der Waals surface area contributed by atoms with Crippen LogP contribution >= 0.6 is 0 Å². The van der Waals surface area contributed by atoms with Gasteiger partial charge in [0.25, 0.3) is 0 Å². The molecule has 3 nitrogen and oxygen atoms in total. The van der Waals surface area contributed by atoms with E-state index in [-0.39, 0.29) is 0 Å². The molecule has 2 heterocycles. The largest absolute Gasteiger partial charge is 0.456 e. The van der Waals surface area contributed by atoms with E-state index < -0.39 is 0 Å². The minimum atomic E-state index is 0.892. The van der Waals surface area contributed by atoms with Crippen LogP contribution in [0.5, 0.6) is 0 Å². The molecule has 0 radical (unpaired) electrons. The van der Waals surface area contributed by atoms with Gasteiger partial charge < -0.3 is 4.42 Å². The van der Waals surface area contributed by atoms with Crippen LogP contribution in [0.4, 0.5) is 0 Å². The average Bonchev–Trinajstić information content (AvgIpc) is 3.39. The SMILES string of the molecule is c1ccc(-c2nc3ccccc3nc2-c2ccc3cc4c(cc3c2)c2cccc3oc5cccc4c5c32)cc1. The van der Waals surface area contributed by atoms with Crippen molar-refractivity contribution >= 4 is 65.3 Å². The van der Waals surface area contributed by atoms with E-state index in [1.807, 2.05) is 42.5 Å². The normalized spacial score (nSPS) is 12.1. The number of hydrogen-bond acceptors (Lipinski definition) is 3. The molecule has 0 amide bonds. The summed E-state index contributed by atoms with van der Waals surface area (Å²) in [4.78, 5) is 10.2. The van der Waals surface area contributed by atoms with Crippen LogP contribution in [-0.4, -0.2) is 9.97 Å². The Morgan fingerprint density at radius 3 is 1.67 bits per heavy atom. The fourth-order valence-electron chi connectivity index (χ4n) is 6.20. The highest BCUT2D eigenvalue weighted by Gasteiger charge is 2.18. The van der Waals surface area contributed by atoms with E-state index in [2.05, 4.69) is 78.9 Å². The maximum atomic E-state index is 6.23. The van der Waals surface area contributed by atoms with Gasteiger partial charge in [-0.25, -0.2) is 9.97 Å². The lowest BCUT2D eigenvalue weighted by Gasteiger charge is -2.13. The summed E-state index contributed by atoms with van der Waals surface area (Å²) in [5.41, 5.74) is 7.57. The van der Waals surface area contributed by atoms with E-state index in [0.29, 0.717) is 0 Å². The highest BCUT2D eigenvalue weighted by Crippen LogP contribution is 2.43. The number of benzene rings is 7. The fraction of sp³-hybridized carbons (Fsp3) is 0. The van der Waals surface area contributed by atoms with Crippen molar-refractivity contribution in [2.45, 2.75) is 0 Å². The Bertz CT molecular complexity index is 2390. The molecule has 0 aliphatic carbocycles. The molecule has 2 aromatic heterocycles. The van der Waals surface area contributed by atoms with Crippen LogP contribution in [0, 0.1) is 0 Å². The van der Waals surface area contributed by atoms with Crippen molar-refractivity contribution in [1.82, 2.24) is 9.97 Å². The number of para-hydroxylation sites is 2. The van der Waals surface area contributed by atoms with Gasteiger partial charge in [-0.15, -0.1) is 0 Å². The van der Waals surface area contributed by atoms with Crippen LogP contribution in [0.25, 0.3) is 87.8 Å². The van der Waals surface area contributed by atoms with Gasteiger partial charge >= 0.3 is 0 Å². The minimum absolute atomic E-state index is 0.892. The Hall–Kier alpha value is -5.28. The average molecular weight is 497 g/mol. The lowest BCUT2D eigenvalue weighted by atomic mass is 9.91. The lowest BCUT2D eigenvalue weighted by Crippen LogP contribution is -1.95. The third kappa shape index (κ3) is 2.93. The summed E-state index contributed by atoms with van der Waals surface area (Å²) in [5.74, 6) is 0. The predicted octanol–water partition coefficient (Wildman–Crippen LogP) is 9.76. The molecule has 0 atom stereocenters. The second-order valence-corrected chi connectivity index (χ2v) is 10.2. The molecule has 9 aromatic rings. The second-order valence-electron chi connectivity index (χ2n) is 10.2. The third-order valence-corrected chi connectivity index (χ3v) is 7.97. The van der Waals surface area contributed by atoms with Crippen LogP contribution < -0.4 is 0 Å². The van der Waals surface area contributed by atoms with E-state index in [0.717, 1.165) is 44.7 Å². The summed E-state index contributed by atoms with van der Waals surface area (Å²) in [6.45, 7) is 0. The standard InChI is InChI=1S/C36H20N2O/c1-2-8-21(9-3-1)35-36(38-30-13-5-4-12-29(30)37-35)23-17-16-22-19-27-25-10-6-14-31-33(25)34-26(11-7-15-32(34)39-31)28(27)20-24(22)18-23/h1-20H. The maximum Gasteiger partial charge on any atom is 0.136 e. The Morgan fingerprint density at radius 1 is 0.410 bits per heavy atom. The molecule has 0 saturated carbocycles. The Labute approximate surface area is 223 Å². The van der Waals surface area contributed by atoms with Crippen LogP contribution in [0.15, 0.2) is 126 Å². The molecule has 0 aliphatic rings. The molecule has 0 N–H and O–H groups in total. The van der Waals surface area contributed by atoms with Crippen molar-refractivity contribution in [2.24, 2.45) is 0 Å². The monoisotopic (exact) mass is 496 g/mol. The molecule has 7 aromatic carbocycles. The summed E-state index contributed by atoms with van der Waals surface area (Å²) in [7, 11) is 0. The van der Waals surface area contributed by atoms with Crippen LogP contribution in [0.1, 0.15) is 0 Å². The number of fused-ring (bicyclic) bond motifs is 5. The molecular formula is C36H20N2O. The number of nitrogens with zero attached hydrogens (tertiary/aromatic N) is 2. The van der Waals surface area contributed by atoms with Crippen molar-refractivity contribution in [3.63, 3.8) is 0 Å². The summed E-state index contributed by atoms with van der Waals surface area (Å²) in [6.07, 6.45) is 0. The Kier molecular flexibility index (Phi) is 4.05. The molecule has 180 valence electrons. The van der Waals surface area contributed by atoms with Gasteiger partial charge in [-0.1, -0.05) is 78.9 Å². The molecule has 9 rings (SSSR count). The lowest BCUT2D eigenvalue weighted by molar-refractivity contribution is 0.669. The molecule has 0 unspecified atom stereocenters. The number of rotatable bonds is 2. The molecule has 0 aliphatic heterocycles. The number of hydrogen-bond donors (Lipinski definition) is 0. The van der Waals surface area contributed by atoms with E-state index in [1.165, 1.54) is 43.1 Å². The number of aromatic nitrogens is 2. The minimum Gasteiger partial charge on any atom is -0.456 e. The van der Waals surface area contributed by atoms with Crippen molar-refractivity contribution in [2.75, 3.05) is 0 Å². The zero-order valence-corrected chi connectivity index (χ0v) is 20.8. The van der Waals surface area contributed by atoms with Gasteiger partial charge in [0.2, 0.25) is 0 Å². The highest BCUT2D eigenvalue weighted by molar-refractivity contribution is 6.34. The molecule has 3 heteroatoms. The molecule has 0 bridgehead atoms. The van der Waals surface area contributed by atoms with Gasteiger partial charge in [0.1, 0.15) is 11.2 Å².